The molecule has 23 heavy (non-hydrogen) atoms. The van der Waals surface area contributed by atoms with E-state index in [1.54, 1.807) is 6.07 Å². The number of aromatic nitrogens is 1. The average Bonchev–Trinajstić information content (AvgIpc) is 2.55. The van der Waals surface area contributed by atoms with Crippen LogP contribution in [0.4, 0.5) is 4.39 Å². The van der Waals surface area contributed by atoms with Crippen molar-refractivity contribution in [2.24, 2.45) is 0 Å². The fourth-order valence-corrected chi connectivity index (χ4v) is 3.40. The Labute approximate surface area is 137 Å². The molecule has 118 valence electrons. The molecule has 1 unspecified atom stereocenters. The number of benzene rings is 2. The number of fused-ring (bicyclic) bond motifs is 2. The maximum atomic E-state index is 13.8. The number of aryl methyl sites for hydroxylation is 1. The Morgan fingerprint density at radius 3 is 2.61 bits per heavy atom. The molecule has 2 heteroatoms. The van der Waals surface area contributed by atoms with Gasteiger partial charge in [0.1, 0.15) is 5.82 Å². The van der Waals surface area contributed by atoms with Crippen LogP contribution in [0.5, 0.6) is 0 Å². The number of rotatable bonds is 1. The zero-order chi connectivity index (χ0) is 16.6. The van der Waals surface area contributed by atoms with Crippen molar-refractivity contribution >= 4 is 10.9 Å². The zero-order valence-electron chi connectivity index (χ0n) is 14.2. The van der Waals surface area contributed by atoms with E-state index < -0.39 is 0 Å². The van der Waals surface area contributed by atoms with Gasteiger partial charge in [-0.05, 0) is 60.7 Å². The van der Waals surface area contributed by atoms with E-state index in [0.29, 0.717) is 11.3 Å². The van der Waals surface area contributed by atoms with Gasteiger partial charge in [0.05, 0.1) is 11.2 Å². The van der Waals surface area contributed by atoms with Gasteiger partial charge in [0.15, 0.2) is 0 Å². The van der Waals surface area contributed by atoms with E-state index in [1.807, 2.05) is 32.0 Å². The Morgan fingerprint density at radius 1 is 1.09 bits per heavy atom. The zero-order valence-corrected chi connectivity index (χ0v) is 14.2. The predicted molar refractivity (Wildman–Crippen MR) is 95.3 cm³/mol. The summed E-state index contributed by atoms with van der Waals surface area (Å²) in [6.07, 6.45) is 1.15. The van der Waals surface area contributed by atoms with Gasteiger partial charge in [0.2, 0.25) is 0 Å². The van der Waals surface area contributed by atoms with Crippen molar-refractivity contribution < 1.29 is 4.39 Å². The molecule has 1 aliphatic carbocycles. The summed E-state index contributed by atoms with van der Waals surface area (Å²) in [5.74, 6) is 0.373. The smallest absolute Gasteiger partial charge is 0.132 e. The van der Waals surface area contributed by atoms with Gasteiger partial charge in [-0.2, -0.15) is 0 Å². The second-order valence-corrected chi connectivity index (χ2v) is 5.99. The monoisotopic (exact) mass is 307 g/mol. The maximum absolute atomic E-state index is 13.8. The lowest BCUT2D eigenvalue weighted by molar-refractivity contribution is 0.639. The van der Waals surface area contributed by atoms with Crippen LogP contribution in [0.25, 0.3) is 22.2 Å². The molecule has 0 bridgehead atoms. The van der Waals surface area contributed by atoms with Gasteiger partial charge in [-0.1, -0.05) is 38.5 Å². The van der Waals surface area contributed by atoms with E-state index in [1.165, 1.54) is 28.3 Å². The fourth-order valence-electron chi connectivity index (χ4n) is 3.40. The average molecular weight is 307 g/mol. The lowest BCUT2D eigenvalue weighted by atomic mass is 9.74. The minimum atomic E-state index is -0.211. The molecule has 0 fully saturated rings. The quantitative estimate of drug-likeness (QED) is 0.534. The molecule has 2 aromatic carbocycles. The van der Waals surface area contributed by atoms with Crippen LogP contribution in [0.2, 0.25) is 0 Å². The molecule has 0 aliphatic heterocycles. The first-order chi connectivity index (χ1) is 11.1. The number of nitrogens with zero attached hydrogens (tertiary/aromatic N) is 1. The standard InChI is InChI=1S/C19H16FN.C2H6/c1-11-8-13-10-12(2)19(13)15(9-11)18-7-6-14-16(20)4-3-5-17(14)21-18;1-2/h3-9,12H,10H2,1-2H3;1-2H3. The topological polar surface area (TPSA) is 12.9 Å². The molecule has 1 nitrogen and oxygen atoms in total. The van der Waals surface area contributed by atoms with Gasteiger partial charge in [-0.15, -0.1) is 0 Å². The number of hydrogen-bond acceptors (Lipinski definition) is 1. The maximum Gasteiger partial charge on any atom is 0.132 e. The van der Waals surface area contributed by atoms with Gasteiger partial charge < -0.3 is 0 Å². The van der Waals surface area contributed by atoms with Gasteiger partial charge in [-0.25, -0.2) is 9.37 Å². The molecule has 0 saturated heterocycles. The molecule has 0 spiro atoms. The molecule has 1 aromatic heterocycles. The van der Waals surface area contributed by atoms with Gasteiger partial charge in [0.25, 0.3) is 0 Å². The highest BCUT2D eigenvalue weighted by Crippen LogP contribution is 2.42. The Bertz CT molecular complexity index is 867. The summed E-state index contributed by atoms with van der Waals surface area (Å²) in [6.45, 7) is 8.37. The molecule has 0 amide bonds. The molecule has 1 heterocycles. The molecule has 0 N–H and O–H groups in total. The Morgan fingerprint density at radius 2 is 1.87 bits per heavy atom. The molecule has 0 radical (unpaired) electrons. The van der Waals surface area contributed by atoms with Crippen molar-refractivity contribution in [1.82, 2.24) is 4.98 Å². The third-order valence-electron chi connectivity index (χ3n) is 4.38. The van der Waals surface area contributed by atoms with Crippen LogP contribution >= 0.6 is 0 Å². The highest BCUT2D eigenvalue weighted by Gasteiger charge is 2.26. The highest BCUT2D eigenvalue weighted by molar-refractivity contribution is 5.83. The Hall–Kier alpha value is -2.22. The molecule has 3 aromatic rings. The van der Waals surface area contributed by atoms with Crippen molar-refractivity contribution in [3.05, 3.63) is 65.0 Å². The normalized spacial score (nSPS) is 15.4. The Kier molecular flexibility index (Phi) is 4.16. The van der Waals surface area contributed by atoms with Gasteiger partial charge in [0, 0.05) is 10.9 Å². The minimum absolute atomic E-state index is 0.211. The molecule has 1 atom stereocenters. The van der Waals surface area contributed by atoms with Crippen LogP contribution in [-0.2, 0) is 6.42 Å². The Balaban J connectivity index is 0.000000753. The summed E-state index contributed by atoms with van der Waals surface area (Å²) >= 11 is 0. The first-order valence-corrected chi connectivity index (χ1v) is 8.32. The van der Waals surface area contributed by atoms with E-state index in [-0.39, 0.29) is 5.82 Å². The first kappa shape index (κ1) is 15.7. The van der Waals surface area contributed by atoms with E-state index in [4.69, 9.17) is 0 Å². The second kappa shape index (κ2) is 6.11. The van der Waals surface area contributed by atoms with Crippen molar-refractivity contribution in [1.29, 1.82) is 0 Å². The van der Waals surface area contributed by atoms with E-state index >= 15 is 0 Å². The van der Waals surface area contributed by atoms with Crippen LogP contribution in [0.15, 0.2) is 42.5 Å². The fraction of sp³-hybridized carbons (Fsp3) is 0.286. The molecule has 0 saturated carbocycles. The van der Waals surface area contributed by atoms with Crippen LogP contribution in [0, 0.1) is 12.7 Å². The van der Waals surface area contributed by atoms with Gasteiger partial charge >= 0.3 is 0 Å². The van der Waals surface area contributed by atoms with Crippen molar-refractivity contribution in [2.45, 2.75) is 40.0 Å². The number of hydrogen-bond donors (Lipinski definition) is 0. The van der Waals surface area contributed by atoms with Crippen LogP contribution in [-0.4, -0.2) is 4.98 Å². The summed E-state index contributed by atoms with van der Waals surface area (Å²) in [5, 5.41) is 0.584. The summed E-state index contributed by atoms with van der Waals surface area (Å²) in [5.41, 5.74) is 6.96. The number of halogens is 1. The van der Waals surface area contributed by atoms with Crippen LogP contribution in [0.3, 0.4) is 0 Å². The minimum Gasteiger partial charge on any atom is -0.248 e. The van der Waals surface area contributed by atoms with E-state index in [9.17, 15) is 4.39 Å². The van der Waals surface area contributed by atoms with Crippen molar-refractivity contribution in [3.63, 3.8) is 0 Å². The molecule has 4 rings (SSSR count). The van der Waals surface area contributed by atoms with Crippen LogP contribution < -0.4 is 0 Å². The lowest BCUT2D eigenvalue weighted by Gasteiger charge is -2.30. The summed E-state index contributed by atoms with van der Waals surface area (Å²) < 4.78 is 13.8. The largest absolute Gasteiger partial charge is 0.248 e. The van der Waals surface area contributed by atoms with E-state index in [2.05, 4.69) is 31.0 Å². The van der Waals surface area contributed by atoms with Crippen molar-refractivity contribution in [3.8, 4) is 11.3 Å². The summed E-state index contributed by atoms with van der Waals surface area (Å²) in [7, 11) is 0. The lowest BCUT2D eigenvalue weighted by Crippen LogP contribution is -2.16. The third kappa shape index (κ3) is 2.63. The van der Waals surface area contributed by atoms with Gasteiger partial charge in [-0.3, -0.25) is 0 Å². The summed E-state index contributed by atoms with van der Waals surface area (Å²) in [6, 6.07) is 13.3. The van der Waals surface area contributed by atoms with Crippen molar-refractivity contribution in [2.75, 3.05) is 0 Å². The number of pyridine rings is 1. The SMILES string of the molecule is CC.Cc1cc2c(c(-c3ccc4c(F)cccc4n3)c1)C(C)C2. The highest BCUT2D eigenvalue weighted by atomic mass is 19.1. The van der Waals surface area contributed by atoms with Crippen LogP contribution in [0.1, 0.15) is 43.4 Å². The first-order valence-electron chi connectivity index (χ1n) is 8.32. The second-order valence-electron chi connectivity index (χ2n) is 5.99. The van der Waals surface area contributed by atoms with E-state index in [0.717, 1.165) is 17.6 Å². The third-order valence-corrected chi connectivity index (χ3v) is 4.38. The summed E-state index contributed by atoms with van der Waals surface area (Å²) in [4.78, 5) is 4.68. The molecular formula is C21H22FN. The molecular weight excluding hydrogens is 285 g/mol. The predicted octanol–water partition coefficient (Wildman–Crippen LogP) is 6.04. The molecule has 1 aliphatic rings.